The second-order valence-electron chi connectivity index (χ2n) is 6.55. The molecule has 3 aromatic rings. The molecule has 3 aromatic carbocycles. The number of methoxy groups -OCH3 is 1. The molecule has 34 heavy (non-hydrogen) atoms. The number of carbonyl (C=O) groups is 3. The van der Waals surface area contributed by atoms with Crippen molar-refractivity contribution in [1.82, 2.24) is 5.43 Å². The number of ether oxygens (including phenoxy) is 2. The third-order valence-corrected chi connectivity index (χ3v) is 5.59. The van der Waals surface area contributed by atoms with E-state index in [0.29, 0.717) is 21.3 Å². The lowest BCUT2D eigenvalue weighted by molar-refractivity contribution is -0.136. The zero-order valence-corrected chi connectivity index (χ0v) is 20.6. The fourth-order valence-electron chi connectivity index (χ4n) is 2.59. The van der Waals surface area contributed by atoms with E-state index in [4.69, 9.17) is 32.7 Å². The van der Waals surface area contributed by atoms with Crippen LogP contribution in [0.1, 0.15) is 15.9 Å². The smallest absolute Gasteiger partial charge is 0.343 e. The first-order valence-electron chi connectivity index (χ1n) is 9.52. The van der Waals surface area contributed by atoms with Crippen LogP contribution in [-0.2, 0) is 9.59 Å². The summed E-state index contributed by atoms with van der Waals surface area (Å²) in [6.45, 7) is 0. The van der Waals surface area contributed by atoms with Gasteiger partial charge in [-0.25, -0.2) is 10.2 Å². The number of hydrazone groups is 1. The Morgan fingerprint density at radius 3 is 2.44 bits per heavy atom. The number of hydrogen-bond donors (Lipinski definition) is 2. The standard InChI is InChI=1S/C23H16BrCl2N3O5/c1-33-16-8-5-13(6-9-16)23(32)34-19-10-7-15(24)11-14(19)12-27-29-22(31)21(30)28-18-4-2-3-17(25)20(18)26/h2-12H,1H3,(H,28,30)(H,29,31). The molecule has 3 rings (SSSR count). The number of nitrogens with zero attached hydrogens (tertiary/aromatic N) is 1. The van der Waals surface area contributed by atoms with E-state index in [1.807, 2.05) is 0 Å². The number of benzene rings is 3. The van der Waals surface area contributed by atoms with Crippen LogP contribution in [0, 0.1) is 0 Å². The van der Waals surface area contributed by atoms with Crippen LogP contribution >= 0.6 is 39.1 Å². The Labute approximate surface area is 213 Å². The molecular formula is C23H16BrCl2N3O5. The van der Waals surface area contributed by atoms with Crippen molar-refractivity contribution in [2.75, 3.05) is 12.4 Å². The summed E-state index contributed by atoms with van der Waals surface area (Å²) in [6, 6.07) is 15.9. The van der Waals surface area contributed by atoms with Gasteiger partial charge in [0.05, 0.1) is 34.6 Å². The first kappa shape index (κ1) is 25.2. The largest absolute Gasteiger partial charge is 0.497 e. The van der Waals surface area contributed by atoms with E-state index in [9.17, 15) is 14.4 Å². The molecule has 0 aliphatic carbocycles. The summed E-state index contributed by atoms with van der Waals surface area (Å²) in [5.74, 6) is -1.84. The van der Waals surface area contributed by atoms with Gasteiger partial charge in [0.2, 0.25) is 0 Å². The summed E-state index contributed by atoms with van der Waals surface area (Å²) < 4.78 is 11.2. The van der Waals surface area contributed by atoms with E-state index in [1.165, 1.54) is 19.4 Å². The summed E-state index contributed by atoms with van der Waals surface area (Å²) in [7, 11) is 1.52. The molecule has 8 nitrogen and oxygen atoms in total. The molecule has 0 saturated carbocycles. The first-order chi connectivity index (χ1) is 16.3. The zero-order valence-electron chi connectivity index (χ0n) is 17.5. The second kappa shape index (κ2) is 11.6. The van der Waals surface area contributed by atoms with Gasteiger partial charge in [0.15, 0.2) is 0 Å². The number of amides is 2. The van der Waals surface area contributed by atoms with Crippen molar-refractivity contribution in [1.29, 1.82) is 0 Å². The maximum atomic E-state index is 12.5. The van der Waals surface area contributed by atoms with Gasteiger partial charge in [-0.2, -0.15) is 5.10 Å². The monoisotopic (exact) mass is 563 g/mol. The van der Waals surface area contributed by atoms with Crippen LogP contribution in [0.4, 0.5) is 5.69 Å². The minimum Gasteiger partial charge on any atom is -0.497 e. The molecule has 2 amide bonds. The quantitative estimate of drug-likeness (QED) is 0.143. The Morgan fingerprint density at radius 1 is 1.00 bits per heavy atom. The van der Waals surface area contributed by atoms with Crippen LogP contribution in [0.2, 0.25) is 10.0 Å². The minimum atomic E-state index is -1.04. The lowest BCUT2D eigenvalue weighted by atomic mass is 10.2. The minimum absolute atomic E-state index is 0.103. The fraction of sp³-hybridized carbons (Fsp3) is 0.0435. The van der Waals surface area contributed by atoms with Gasteiger partial charge in [-0.15, -0.1) is 0 Å². The summed E-state index contributed by atoms with van der Waals surface area (Å²) in [4.78, 5) is 36.7. The van der Waals surface area contributed by atoms with Gasteiger partial charge >= 0.3 is 17.8 Å². The topological polar surface area (TPSA) is 106 Å². The van der Waals surface area contributed by atoms with Gasteiger partial charge < -0.3 is 14.8 Å². The molecule has 0 fully saturated rings. The van der Waals surface area contributed by atoms with E-state index in [0.717, 1.165) is 0 Å². The second-order valence-corrected chi connectivity index (χ2v) is 8.26. The maximum Gasteiger partial charge on any atom is 0.343 e. The first-order valence-corrected chi connectivity index (χ1v) is 11.1. The maximum absolute atomic E-state index is 12.5. The molecule has 0 aromatic heterocycles. The highest BCUT2D eigenvalue weighted by molar-refractivity contribution is 9.10. The van der Waals surface area contributed by atoms with Crippen molar-refractivity contribution >= 4 is 68.8 Å². The molecule has 0 bridgehead atoms. The van der Waals surface area contributed by atoms with Crippen LogP contribution in [0.15, 0.2) is 70.2 Å². The van der Waals surface area contributed by atoms with E-state index in [2.05, 4.69) is 31.8 Å². The van der Waals surface area contributed by atoms with Crippen molar-refractivity contribution in [2.24, 2.45) is 5.10 Å². The Morgan fingerprint density at radius 2 is 1.74 bits per heavy atom. The molecule has 0 spiro atoms. The van der Waals surface area contributed by atoms with E-state index in [1.54, 1.807) is 54.6 Å². The van der Waals surface area contributed by atoms with Crippen molar-refractivity contribution in [3.05, 3.63) is 86.3 Å². The number of hydrogen-bond acceptors (Lipinski definition) is 6. The molecule has 174 valence electrons. The van der Waals surface area contributed by atoms with Crippen molar-refractivity contribution in [3.8, 4) is 11.5 Å². The highest BCUT2D eigenvalue weighted by Crippen LogP contribution is 2.29. The number of nitrogens with one attached hydrogen (secondary N) is 2. The zero-order chi connectivity index (χ0) is 24.7. The SMILES string of the molecule is COc1ccc(C(=O)Oc2ccc(Br)cc2C=NNC(=O)C(=O)Nc2cccc(Cl)c2Cl)cc1. The average Bonchev–Trinajstić information content (AvgIpc) is 2.83. The van der Waals surface area contributed by atoms with E-state index >= 15 is 0 Å². The summed E-state index contributed by atoms with van der Waals surface area (Å²) in [6.07, 6.45) is 1.24. The van der Waals surface area contributed by atoms with Crippen LogP contribution < -0.4 is 20.2 Å². The number of carbonyl (C=O) groups excluding carboxylic acids is 3. The van der Waals surface area contributed by atoms with Gasteiger partial charge in [0, 0.05) is 10.0 Å². The van der Waals surface area contributed by atoms with Gasteiger partial charge in [-0.05, 0) is 54.6 Å². The molecule has 11 heteroatoms. The molecule has 2 N–H and O–H groups in total. The highest BCUT2D eigenvalue weighted by atomic mass is 79.9. The predicted molar refractivity (Wildman–Crippen MR) is 133 cm³/mol. The van der Waals surface area contributed by atoms with Crippen LogP contribution in [0.3, 0.4) is 0 Å². The van der Waals surface area contributed by atoms with Gasteiger partial charge in [-0.3, -0.25) is 9.59 Å². The Kier molecular flexibility index (Phi) is 8.64. The predicted octanol–water partition coefficient (Wildman–Crippen LogP) is 5.07. The average molecular weight is 565 g/mol. The Bertz CT molecular complexity index is 1270. The Balaban J connectivity index is 1.67. The number of rotatable bonds is 6. The van der Waals surface area contributed by atoms with Crippen molar-refractivity contribution < 1.29 is 23.9 Å². The summed E-state index contributed by atoms with van der Waals surface area (Å²) in [5.41, 5.74) is 2.97. The molecular weight excluding hydrogens is 549 g/mol. The molecule has 0 aliphatic rings. The summed E-state index contributed by atoms with van der Waals surface area (Å²) >= 11 is 15.2. The lowest BCUT2D eigenvalue weighted by Gasteiger charge is -2.09. The molecule has 0 heterocycles. The fourth-order valence-corrected chi connectivity index (χ4v) is 3.32. The van der Waals surface area contributed by atoms with Crippen LogP contribution in [0.5, 0.6) is 11.5 Å². The van der Waals surface area contributed by atoms with Crippen molar-refractivity contribution in [2.45, 2.75) is 0 Å². The molecule has 0 radical (unpaired) electrons. The Hall–Kier alpha value is -3.40. The van der Waals surface area contributed by atoms with Gasteiger partial charge in [0.25, 0.3) is 0 Å². The molecule has 0 saturated heterocycles. The van der Waals surface area contributed by atoms with Gasteiger partial charge in [-0.1, -0.05) is 45.2 Å². The molecule has 0 unspecified atom stereocenters. The number of anilines is 1. The highest BCUT2D eigenvalue weighted by Gasteiger charge is 2.16. The summed E-state index contributed by atoms with van der Waals surface area (Å²) in [5, 5.41) is 6.45. The van der Waals surface area contributed by atoms with Crippen molar-refractivity contribution in [3.63, 3.8) is 0 Å². The van der Waals surface area contributed by atoms with Gasteiger partial charge in [0.1, 0.15) is 11.5 Å². The van der Waals surface area contributed by atoms with Crippen LogP contribution in [0.25, 0.3) is 0 Å². The third-order valence-electron chi connectivity index (χ3n) is 4.28. The van der Waals surface area contributed by atoms with E-state index < -0.39 is 17.8 Å². The van der Waals surface area contributed by atoms with E-state index in [-0.39, 0.29) is 21.5 Å². The molecule has 0 atom stereocenters. The number of esters is 1. The molecule has 0 aliphatic heterocycles. The number of halogens is 3. The lowest BCUT2D eigenvalue weighted by Crippen LogP contribution is -2.32. The normalized spacial score (nSPS) is 10.6. The third kappa shape index (κ3) is 6.57. The van der Waals surface area contributed by atoms with Crippen LogP contribution in [-0.4, -0.2) is 31.1 Å².